The standard InChI is InChI=1S/C13H18Cl/c1-3-4-5-8-11(2)12-9-6-7-10-13(12)14/h5-7,9-11H,3-4,8H2,1-2H3. The summed E-state index contributed by atoms with van der Waals surface area (Å²) < 4.78 is 0. The van der Waals surface area contributed by atoms with Gasteiger partial charge in [-0.15, -0.1) is 0 Å². The molecule has 0 aliphatic carbocycles. The molecule has 0 saturated heterocycles. The lowest BCUT2D eigenvalue weighted by Crippen LogP contribution is -1.94. The molecule has 0 saturated carbocycles. The van der Waals surface area contributed by atoms with E-state index in [2.05, 4.69) is 32.4 Å². The Labute approximate surface area is 92.3 Å². The van der Waals surface area contributed by atoms with Crippen LogP contribution in [0.3, 0.4) is 0 Å². The van der Waals surface area contributed by atoms with Crippen LogP contribution >= 0.6 is 11.6 Å². The Balaban J connectivity index is 2.51. The Morgan fingerprint density at radius 1 is 1.36 bits per heavy atom. The van der Waals surface area contributed by atoms with Crippen molar-refractivity contribution < 1.29 is 0 Å². The summed E-state index contributed by atoms with van der Waals surface area (Å²) in [4.78, 5) is 0. The van der Waals surface area contributed by atoms with Crippen molar-refractivity contribution in [2.45, 2.75) is 39.0 Å². The number of hydrogen-bond acceptors (Lipinski definition) is 0. The van der Waals surface area contributed by atoms with Crippen LogP contribution in [0.5, 0.6) is 0 Å². The second-order valence-corrected chi connectivity index (χ2v) is 4.14. The molecular weight excluding hydrogens is 192 g/mol. The molecule has 1 atom stereocenters. The molecule has 1 aromatic carbocycles. The highest BCUT2D eigenvalue weighted by Gasteiger charge is 2.07. The molecule has 1 heteroatoms. The summed E-state index contributed by atoms with van der Waals surface area (Å²) in [5, 5.41) is 0.893. The van der Waals surface area contributed by atoms with Gasteiger partial charge in [-0.05, 0) is 30.4 Å². The van der Waals surface area contributed by atoms with Crippen molar-refractivity contribution in [1.82, 2.24) is 0 Å². The molecule has 0 heterocycles. The predicted molar refractivity (Wildman–Crippen MR) is 63.7 cm³/mol. The molecule has 0 amide bonds. The second-order valence-electron chi connectivity index (χ2n) is 3.74. The summed E-state index contributed by atoms with van der Waals surface area (Å²) in [6.07, 6.45) is 5.91. The minimum absolute atomic E-state index is 0.537. The van der Waals surface area contributed by atoms with Crippen molar-refractivity contribution >= 4 is 11.6 Å². The molecule has 0 aromatic heterocycles. The molecule has 1 radical (unpaired) electrons. The van der Waals surface area contributed by atoms with Crippen LogP contribution in [0.4, 0.5) is 0 Å². The maximum absolute atomic E-state index is 6.12. The van der Waals surface area contributed by atoms with Gasteiger partial charge in [0.1, 0.15) is 0 Å². The summed E-state index contributed by atoms with van der Waals surface area (Å²) in [5.74, 6) is 0.537. The van der Waals surface area contributed by atoms with E-state index in [4.69, 9.17) is 11.6 Å². The van der Waals surface area contributed by atoms with E-state index in [1.807, 2.05) is 12.1 Å². The number of hydrogen-bond donors (Lipinski definition) is 0. The van der Waals surface area contributed by atoms with Crippen molar-refractivity contribution in [2.24, 2.45) is 0 Å². The normalized spacial score (nSPS) is 12.8. The summed E-state index contributed by atoms with van der Waals surface area (Å²) >= 11 is 6.12. The fraction of sp³-hybridized carbons (Fsp3) is 0.462. The molecule has 0 fully saturated rings. The molecule has 0 aliphatic heterocycles. The Hall–Kier alpha value is -0.490. The van der Waals surface area contributed by atoms with Crippen molar-refractivity contribution in [3.05, 3.63) is 41.3 Å². The zero-order valence-corrected chi connectivity index (χ0v) is 9.72. The number of unbranched alkanes of at least 4 members (excludes halogenated alkanes) is 2. The molecular formula is C13H18Cl. The summed E-state index contributed by atoms with van der Waals surface area (Å²) in [7, 11) is 0. The fourth-order valence-corrected chi connectivity index (χ4v) is 1.90. The van der Waals surface area contributed by atoms with Crippen LogP contribution in [0, 0.1) is 6.42 Å². The first-order valence-corrected chi connectivity index (χ1v) is 5.69. The van der Waals surface area contributed by atoms with E-state index in [1.54, 1.807) is 0 Å². The third kappa shape index (κ3) is 3.34. The maximum Gasteiger partial charge on any atom is 0.0440 e. The maximum atomic E-state index is 6.12. The molecule has 0 N–H and O–H groups in total. The Morgan fingerprint density at radius 3 is 2.71 bits per heavy atom. The van der Waals surface area contributed by atoms with Gasteiger partial charge in [0.05, 0.1) is 0 Å². The summed E-state index contributed by atoms with van der Waals surface area (Å²) in [6.45, 7) is 4.43. The highest BCUT2D eigenvalue weighted by atomic mass is 35.5. The van der Waals surface area contributed by atoms with Crippen LogP contribution < -0.4 is 0 Å². The molecule has 0 aliphatic rings. The molecule has 1 unspecified atom stereocenters. The SMILES string of the molecule is CCC[CH]CC(C)c1ccccc1Cl. The molecule has 14 heavy (non-hydrogen) atoms. The van der Waals surface area contributed by atoms with Crippen LogP contribution in [0.25, 0.3) is 0 Å². The van der Waals surface area contributed by atoms with E-state index in [0.717, 1.165) is 11.4 Å². The van der Waals surface area contributed by atoms with Crippen LogP contribution in [0.2, 0.25) is 5.02 Å². The minimum Gasteiger partial charge on any atom is -0.0840 e. The van der Waals surface area contributed by atoms with Gasteiger partial charge in [-0.25, -0.2) is 0 Å². The van der Waals surface area contributed by atoms with E-state index in [9.17, 15) is 0 Å². The van der Waals surface area contributed by atoms with E-state index in [-0.39, 0.29) is 0 Å². The summed E-state index contributed by atoms with van der Waals surface area (Å²) in [6, 6.07) is 8.12. The number of rotatable bonds is 5. The Morgan fingerprint density at radius 2 is 2.07 bits per heavy atom. The van der Waals surface area contributed by atoms with Gasteiger partial charge in [-0.1, -0.05) is 56.5 Å². The molecule has 77 valence electrons. The molecule has 0 nitrogen and oxygen atoms in total. The lowest BCUT2D eigenvalue weighted by Gasteiger charge is -2.12. The van der Waals surface area contributed by atoms with Gasteiger partial charge >= 0.3 is 0 Å². The van der Waals surface area contributed by atoms with Gasteiger partial charge < -0.3 is 0 Å². The first-order chi connectivity index (χ1) is 6.75. The second kappa shape index (κ2) is 6.08. The largest absolute Gasteiger partial charge is 0.0840 e. The average molecular weight is 210 g/mol. The fourth-order valence-electron chi connectivity index (χ4n) is 1.57. The third-order valence-corrected chi connectivity index (χ3v) is 2.79. The Bertz CT molecular complexity index is 268. The average Bonchev–Trinajstić information content (AvgIpc) is 2.18. The summed E-state index contributed by atoms with van der Waals surface area (Å²) in [5.41, 5.74) is 1.27. The van der Waals surface area contributed by atoms with Crippen molar-refractivity contribution in [3.8, 4) is 0 Å². The third-order valence-electron chi connectivity index (χ3n) is 2.45. The molecule has 1 rings (SSSR count). The lowest BCUT2D eigenvalue weighted by molar-refractivity contribution is 0.706. The predicted octanol–water partition coefficient (Wildman–Crippen LogP) is 4.84. The van der Waals surface area contributed by atoms with Gasteiger partial charge in [0.25, 0.3) is 0 Å². The zero-order chi connectivity index (χ0) is 10.4. The van der Waals surface area contributed by atoms with E-state index < -0.39 is 0 Å². The van der Waals surface area contributed by atoms with Gasteiger partial charge in [-0.2, -0.15) is 0 Å². The van der Waals surface area contributed by atoms with Gasteiger partial charge in [0.15, 0.2) is 0 Å². The highest BCUT2D eigenvalue weighted by Crippen LogP contribution is 2.27. The van der Waals surface area contributed by atoms with Gasteiger partial charge in [0.2, 0.25) is 0 Å². The van der Waals surface area contributed by atoms with Crippen molar-refractivity contribution in [1.29, 1.82) is 0 Å². The zero-order valence-electron chi connectivity index (χ0n) is 8.96. The molecule has 1 aromatic rings. The highest BCUT2D eigenvalue weighted by molar-refractivity contribution is 6.31. The van der Waals surface area contributed by atoms with Gasteiger partial charge in [-0.3, -0.25) is 0 Å². The topological polar surface area (TPSA) is 0 Å². The smallest absolute Gasteiger partial charge is 0.0440 e. The van der Waals surface area contributed by atoms with E-state index in [0.29, 0.717) is 5.92 Å². The number of benzene rings is 1. The van der Waals surface area contributed by atoms with E-state index >= 15 is 0 Å². The van der Waals surface area contributed by atoms with Crippen LogP contribution in [0.1, 0.15) is 44.6 Å². The monoisotopic (exact) mass is 209 g/mol. The first kappa shape index (κ1) is 11.6. The van der Waals surface area contributed by atoms with Gasteiger partial charge in [0, 0.05) is 5.02 Å². The van der Waals surface area contributed by atoms with Crippen LogP contribution in [-0.4, -0.2) is 0 Å². The van der Waals surface area contributed by atoms with Crippen LogP contribution in [0.15, 0.2) is 24.3 Å². The molecule has 0 spiro atoms. The number of halogens is 1. The lowest BCUT2D eigenvalue weighted by atomic mass is 9.95. The van der Waals surface area contributed by atoms with Crippen molar-refractivity contribution in [2.75, 3.05) is 0 Å². The quantitative estimate of drug-likeness (QED) is 0.609. The van der Waals surface area contributed by atoms with E-state index in [1.165, 1.54) is 18.4 Å². The van der Waals surface area contributed by atoms with Crippen molar-refractivity contribution in [3.63, 3.8) is 0 Å². The Kier molecular flexibility index (Phi) is 5.03. The first-order valence-electron chi connectivity index (χ1n) is 5.31. The van der Waals surface area contributed by atoms with Crippen LogP contribution in [-0.2, 0) is 0 Å². The molecule has 0 bridgehead atoms. The minimum atomic E-state index is 0.537.